The number of nitrogens with zero attached hydrogens (tertiary/aromatic N) is 3. The van der Waals surface area contributed by atoms with Crippen molar-refractivity contribution >= 4 is 0 Å². The van der Waals surface area contributed by atoms with Gasteiger partial charge >= 0.3 is 0 Å². The fourth-order valence-electron chi connectivity index (χ4n) is 2.90. The van der Waals surface area contributed by atoms with Crippen molar-refractivity contribution in [3.63, 3.8) is 0 Å². The van der Waals surface area contributed by atoms with Crippen LogP contribution >= 0.6 is 0 Å². The predicted molar refractivity (Wildman–Crippen MR) is 83.9 cm³/mol. The first-order chi connectivity index (χ1) is 10.3. The molecule has 1 atom stereocenters. The van der Waals surface area contributed by atoms with Crippen molar-refractivity contribution in [3.05, 3.63) is 42.7 Å². The average molecular weight is 285 g/mol. The zero-order chi connectivity index (χ0) is 14.5. The second-order valence-electron chi connectivity index (χ2n) is 5.67. The molecule has 0 unspecified atom stereocenters. The van der Waals surface area contributed by atoms with Crippen molar-refractivity contribution in [1.29, 1.82) is 0 Å². The Balaban J connectivity index is 1.43. The summed E-state index contributed by atoms with van der Waals surface area (Å²) < 4.78 is 7.66. The van der Waals surface area contributed by atoms with E-state index >= 15 is 0 Å². The van der Waals surface area contributed by atoms with Crippen molar-refractivity contribution < 1.29 is 4.74 Å². The lowest BCUT2D eigenvalue weighted by Gasteiger charge is -2.20. The van der Waals surface area contributed by atoms with Gasteiger partial charge in [0, 0.05) is 25.0 Å². The molecule has 0 radical (unpaired) electrons. The van der Waals surface area contributed by atoms with E-state index in [2.05, 4.69) is 16.9 Å². The van der Waals surface area contributed by atoms with Gasteiger partial charge in [-0.3, -0.25) is 0 Å². The molecule has 1 fully saturated rings. The van der Waals surface area contributed by atoms with Crippen LogP contribution < -0.4 is 4.74 Å². The highest BCUT2D eigenvalue weighted by Gasteiger charge is 2.18. The van der Waals surface area contributed by atoms with Gasteiger partial charge in [0.05, 0.1) is 12.3 Å². The van der Waals surface area contributed by atoms with Gasteiger partial charge in [-0.15, -0.1) is 0 Å². The second kappa shape index (κ2) is 6.76. The Hall–Kier alpha value is -1.81. The molecule has 1 aromatic carbocycles. The van der Waals surface area contributed by atoms with Crippen molar-refractivity contribution in [2.75, 3.05) is 19.7 Å². The predicted octanol–water partition coefficient (Wildman–Crippen LogP) is 3.13. The molecule has 4 heteroatoms. The van der Waals surface area contributed by atoms with Gasteiger partial charge in [0.2, 0.25) is 0 Å². The van der Waals surface area contributed by atoms with Crippen LogP contribution in [0.15, 0.2) is 42.7 Å². The first kappa shape index (κ1) is 14.1. The molecular weight excluding hydrogens is 262 g/mol. The number of hydrogen-bond donors (Lipinski definition) is 0. The molecule has 0 spiro atoms. The number of rotatable bonds is 6. The van der Waals surface area contributed by atoms with E-state index in [1.807, 2.05) is 41.2 Å². The Kier molecular flexibility index (Phi) is 4.55. The van der Waals surface area contributed by atoms with Crippen LogP contribution in [0.3, 0.4) is 0 Å². The highest BCUT2D eigenvalue weighted by molar-refractivity contribution is 5.36. The lowest BCUT2D eigenvalue weighted by Crippen LogP contribution is -2.28. The van der Waals surface area contributed by atoms with Gasteiger partial charge < -0.3 is 9.64 Å². The molecule has 0 aliphatic carbocycles. The average Bonchev–Trinajstić information content (AvgIpc) is 3.16. The van der Waals surface area contributed by atoms with Crippen molar-refractivity contribution in [3.8, 4) is 11.4 Å². The molecule has 1 aromatic heterocycles. The Labute approximate surface area is 126 Å². The van der Waals surface area contributed by atoms with Gasteiger partial charge in [-0.25, -0.2) is 4.68 Å². The SMILES string of the molecule is C[C@@H]1CCCN1CCCOc1ccc(-n2cccn2)cc1. The summed E-state index contributed by atoms with van der Waals surface area (Å²) in [6.45, 7) is 5.50. The molecule has 0 saturated carbocycles. The molecule has 0 bridgehead atoms. The molecule has 1 aliphatic heterocycles. The lowest BCUT2D eigenvalue weighted by molar-refractivity contribution is 0.230. The minimum Gasteiger partial charge on any atom is -0.494 e. The molecule has 21 heavy (non-hydrogen) atoms. The van der Waals surface area contributed by atoms with Gasteiger partial charge in [0.25, 0.3) is 0 Å². The third-order valence-electron chi connectivity index (χ3n) is 4.15. The summed E-state index contributed by atoms with van der Waals surface area (Å²) in [7, 11) is 0. The maximum atomic E-state index is 5.82. The van der Waals surface area contributed by atoms with Crippen LogP contribution in [-0.4, -0.2) is 40.4 Å². The molecular formula is C17H23N3O. The quantitative estimate of drug-likeness (QED) is 0.764. The van der Waals surface area contributed by atoms with E-state index in [0.29, 0.717) is 0 Å². The lowest BCUT2D eigenvalue weighted by atomic mass is 10.2. The Bertz CT molecular complexity index is 536. The summed E-state index contributed by atoms with van der Waals surface area (Å²) in [5.74, 6) is 0.931. The first-order valence-corrected chi connectivity index (χ1v) is 7.80. The standard InChI is InChI=1S/C17H23N3O/c1-15-5-2-11-19(15)12-4-14-21-17-8-6-16(7-9-17)20-13-3-10-18-20/h3,6-10,13,15H,2,4-5,11-12,14H2,1H3/t15-/m1/s1. The number of hydrogen-bond acceptors (Lipinski definition) is 3. The monoisotopic (exact) mass is 285 g/mol. The highest BCUT2D eigenvalue weighted by Crippen LogP contribution is 2.17. The van der Waals surface area contributed by atoms with E-state index in [1.54, 1.807) is 6.20 Å². The zero-order valence-corrected chi connectivity index (χ0v) is 12.6. The molecule has 112 valence electrons. The van der Waals surface area contributed by atoms with Crippen LogP contribution in [0.2, 0.25) is 0 Å². The van der Waals surface area contributed by atoms with Gasteiger partial charge in [-0.1, -0.05) is 0 Å². The number of likely N-dealkylation sites (tertiary alicyclic amines) is 1. The zero-order valence-electron chi connectivity index (χ0n) is 12.6. The third-order valence-corrected chi connectivity index (χ3v) is 4.15. The van der Waals surface area contributed by atoms with E-state index in [0.717, 1.165) is 37.1 Å². The van der Waals surface area contributed by atoms with Crippen LogP contribution in [0.1, 0.15) is 26.2 Å². The van der Waals surface area contributed by atoms with E-state index < -0.39 is 0 Å². The Morgan fingerprint density at radius 1 is 1.29 bits per heavy atom. The highest BCUT2D eigenvalue weighted by atomic mass is 16.5. The summed E-state index contributed by atoms with van der Waals surface area (Å²) in [6.07, 6.45) is 7.49. The summed E-state index contributed by atoms with van der Waals surface area (Å²) >= 11 is 0. The molecule has 2 aromatic rings. The number of benzene rings is 1. The van der Waals surface area contributed by atoms with Gasteiger partial charge in [0.1, 0.15) is 5.75 Å². The van der Waals surface area contributed by atoms with Crippen LogP contribution in [0, 0.1) is 0 Å². The largest absolute Gasteiger partial charge is 0.494 e. The van der Waals surface area contributed by atoms with Crippen LogP contribution in [0.5, 0.6) is 5.75 Å². The molecule has 0 N–H and O–H groups in total. The summed E-state index contributed by atoms with van der Waals surface area (Å²) in [5, 5.41) is 4.21. The Morgan fingerprint density at radius 2 is 2.14 bits per heavy atom. The molecule has 3 rings (SSSR count). The molecule has 4 nitrogen and oxygen atoms in total. The van der Waals surface area contributed by atoms with Crippen molar-refractivity contribution in [2.24, 2.45) is 0 Å². The maximum absolute atomic E-state index is 5.82. The van der Waals surface area contributed by atoms with Gasteiger partial charge in [-0.2, -0.15) is 5.10 Å². The maximum Gasteiger partial charge on any atom is 0.119 e. The molecule has 2 heterocycles. The molecule has 1 aliphatic rings. The smallest absolute Gasteiger partial charge is 0.119 e. The summed E-state index contributed by atoms with van der Waals surface area (Å²) in [6, 6.07) is 10.8. The van der Waals surface area contributed by atoms with Gasteiger partial charge in [0.15, 0.2) is 0 Å². The topological polar surface area (TPSA) is 30.3 Å². The fraction of sp³-hybridized carbons (Fsp3) is 0.471. The molecule has 1 saturated heterocycles. The van der Waals surface area contributed by atoms with Crippen LogP contribution in [0.4, 0.5) is 0 Å². The second-order valence-corrected chi connectivity index (χ2v) is 5.67. The van der Waals surface area contributed by atoms with Crippen LogP contribution in [0.25, 0.3) is 5.69 Å². The fourth-order valence-corrected chi connectivity index (χ4v) is 2.90. The number of aromatic nitrogens is 2. The van der Waals surface area contributed by atoms with Crippen LogP contribution in [-0.2, 0) is 0 Å². The summed E-state index contributed by atoms with van der Waals surface area (Å²) in [4.78, 5) is 2.56. The number of ether oxygens (including phenoxy) is 1. The van der Waals surface area contributed by atoms with E-state index in [4.69, 9.17) is 4.74 Å². The molecule has 0 amide bonds. The first-order valence-electron chi connectivity index (χ1n) is 7.80. The minimum atomic E-state index is 0.748. The van der Waals surface area contributed by atoms with Crippen molar-refractivity contribution in [1.82, 2.24) is 14.7 Å². The normalized spacial score (nSPS) is 19.0. The van der Waals surface area contributed by atoms with E-state index in [9.17, 15) is 0 Å². The van der Waals surface area contributed by atoms with Gasteiger partial charge in [-0.05, 0) is 63.1 Å². The third kappa shape index (κ3) is 3.64. The minimum absolute atomic E-state index is 0.748. The van der Waals surface area contributed by atoms with E-state index in [-0.39, 0.29) is 0 Å². The summed E-state index contributed by atoms with van der Waals surface area (Å²) in [5.41, 5.74) is 1.05. The Morgan fingerprint density at radius 3 is 2.81 bits per heavy atom. The van der Waals surface area contributed by atoms with E-state index in [1.165, 1.54) is 19.4 Å². The van der Waals surface area contributed by atoms with Crippen molar-refractivity contribution in [2.45, 2.75) is 32.2 Å².